The van der Waals surface area contributed by atoms with E-state index in [1.54, 1.807) is 48.6 Å². The average Bonchev–Trinajstić information content (AvgIpc) is 3.04. The van der Waals surface area contributed by atoms with Gasteiger partial charge >= 0.3 is 5.97 Å². The van der Waals surface area contributed by atoms with Crippen LogP contribution in [0.25, 0.3) is 12.2 Å². The van der Waals surface area contributed by atoms with Gasteiger partial charge in [-0.1, -0.05) is 54.1 Å². The molecule has 0 radical (unpaired) electrons. The lowest BCUT2D eigenvalue weighted by Crippen LogP contribution is -2.03. The Labute approximate surface area is 172 Å². The fraction of sp³-hybridized carbons (Fsp3) is 0. The Morgan fingerprint density at radius 2 is 1.69 bits per heavy atom. The molecule has 3 aromatic carbocycles. The van der Waals surface area contributed by atoms with Gasteiger partial charge < -0.3 is 9.47 Å². The summed E-state index contributed by atoms with van der Waals surface area (Å²) in [4.78, 5) is 24.6. The van der Waals surface area contributed by atoms with Crippen molar-refractivity contribution in [3.63, 3.8) is 0 Å². The van der Waals surface area contributed by atoms with Crippen molar-refractivity contribution in [2.24, 2.45) is 0 Å². The Morgan fingerprint density at radius 1 is 0.931 bits per heavy atom. The number of ether oxygens (including phenoxy) is 2. The zero-order valence-corrected chi connectivity index (χ0v) is 15.9. The molecule has 0 spiro atoms. The van der Waals surface area contributed by atoms with Gasteiger partial charge in [-0.2, -0.15) is 0 Å². The van der Waals surface area contributed by atoms with Gasteiger partial charge in [0.15, 0.2) is 5.76 Å². The maximum Gasteiger partial charge on any atom is 0.336 e. The van der Waals surface area contributed by atoms with Gasteiger partial charge in [-0.25, -0.2) is 4.79 Å². The molecule has 0 bridgehead atoms. The molecule has 1 aliphatic heterocycles. The molecule has 4 rings (SSSR count). The van der Waals surface area contributed by atoms with Crippen LogP contribution in [0.5, 0.6) is 11.5 Å². The summed E-state index contributed by atoms with van der Waals surface area (Å²) >= 11 is 5.88. The third-order valence-corrected chi connectivity index (χ3v) is 4.49. The van der Waals surface area contributed by atoms with Gasteiger partial charge in [-0.05, 0) is 47.5 Å². The lowest BCUT2D eigenvalue weighted by Gasteiger charge is -2.03. The van der Waals surface area contributed by atoms with E-state index in [1.807, 2.05) is 30.3 Å². The largest absolute Gasteiger partial charge is 0.452 e. The molecule has 1 heterocycles. The zero-order valence-electron chi connectivity index (χ0n) is 15.2. The number of esters is 1. The van der Waals surface area contributed by atoms with Crippen molar-refractivity contribution in [1.82, 2.24) is 0 Å². The van der Waals surface area contributed by atoms with E-state index in [1.165, 1.54) is 12.1 Å². The van der Waals surface area contributed by atoms with Gasteiger partial charge in [0.1, 0.15) is 11.5 Å². The van der Waals surface area contributed by atoms with E-state index in [2.05, 4.69) is 0 Å². The number of hydrogen-bond donors (Lipinski definition) is 0. The van der Waals surface area contributed by atoms with E-state index in [9.17, 15) is 9.59 Å². The molecule has 0 unspecified atom stereocenters. The molecule has 142 valence electrons. The highest BCUT2D eigenvalue weighted by Crippen LogP contribution is 2.35. The zero-order chi connectivity index (χ0) is 20.2. The first kappa shape index (κ1) is 18.7. The first-order chi connectivity index (χ1) is 14.1. The fourth-order valence-electron chi connectivity index (χ4n) is 2.82. The number of Topliss-reactive ketones (excluding diaryl/α,β-unsaturated/α-hetero) is 1. The Bertz CT molecular complexity index is 1130. The molecule has 0 fully saturated rings. The average molecular weight is 403 g/mol. The summed E-state index contributed by atoms with van der Waals surface area (Å²) in [6.45, 7) is 0. The van der Waals surface area contributed by atoms with Crippen LogP contribution in [-0.2, 0) is 4.79 Å². The van der Waals surface area contributed by atoms with Gasteiger partial charge in [0.25, 0.3) is 0 Å². The molecule has 1 aliphatic rings. The van der Waals surface area contributed by atoms with E-state index in [4.69, 9.17) is 21.1 Å². The molecule has 0 N–H and O–H groups in total. The van der Waals surface area contributed by atoms with Gasteiger partial charge in [0, 0.05) is 17.2 Å². The molecule has 29 heavy (non-hydrogen) atoms. The summed E-state index contributed by atoms with van der Waals surface area (Å²) in [5, 5.41) is 0.613. The summed E-state index contributed by atoms with van der Waals surface area (Å²) < 4.78 is 11.0. The number of fused-ring (bicyclic) bond motifs is 1. The molecule has 0 amide bonds. The minimum absolute atomic E-state index is 0.203. The van der Waals surface area contributed by atoms with Crippen LogP contribution >= 0.6 is 11.6 Å². The molecular weight excluding hydrogens is 388 g/mol. The van der Waals surface area contributed by atoms with Crippen LogP contribution in [-0.4, -0.2) is 11.8 Å². The summed E-state index contributed by atoms with van der Waals surface area (Å²) in [5.74, 6) is 0.112. The Kier molecular flexibility index (Phi) is 5.27. The second-order valence-corrected chi connectivity index (χ2v) is 6.75. The summed E-state index contributed by atoms with van der Waals surface area (Å²) in [6.07, 6.45) is 4.66. The second-order valence-electron chi connectivity index (χ2n) is 6.31. The molecule has 0 atom stereocenters. The topological polar surface area (TPSA) is 52.6 Å². The molecule has 3 aromatic rings. The van der Waals surface area contributed by atoms with Crippen molar-refractivity contribution in [1.29, 1.82) is 0 Å². The summed E-state index contributed by atoms with van der Waals surface area (Å²) in [7, 11) is 0. The predicted octanol–water partition coefficient (Wildman–Crippen LogP) is 5.58. The van der Waals surface area contributed by atoms with Crippen molar-refractivity contribution in [3.8, 4) is 11.5 Å². The van der Waals surface area contributed by atoms with Crippen molar-refractivity contribution >= 4 is 35.5 Å². The van der Waals surface area contributed by atoms with Crippen LogP contribution in [0.1, 0.15) is 21.5 Å². The van der Waals surface area contributed by atoms with E-state index in [0.29, 0.717) is 22.1 Å². The minimum atomic E-state index is -0.518. The van der Waals surface area contributed by atoms with Crippen LogP contribution in [0.3, 0.4) is 0 Å². The lowest BCUT2D eigenvalue weighted by molar-refractivity contribution is -0.128. The fourth-order valence-corrected chi connectivity index (χ4v) is 2.95. The second kappa shape index (κ2) is 8.17. The monoisotopic (exact) mass is 402 g/mol. The van der Waals surface area contributed by atoms with Crippen LogP contribution in [0, 0.1) is 0 Å². The lowest BCUT2D eigenvalue weighted by atomic mass is 10.1. The maximum atomic E-state index is 12.5. The van der Waals surface area contributed by atoms with E-state index >= 15 is 0 Å². The van der Waals surface area contributed by atoms with E-state index in [0.717, 1.165) is 11.1 Å². The highest BCUT2D eigenvalue weighted by Gasteiger charge is 2.27. The van der Waals surface area contributed by atoms with Crippen LogP contribution in [0.15, 0.2) is 84.6 Å². The van der Waals surface area contributed by atoms with Crippen molar-refractivity contribution in [3.05, 3.63) is 106 Å². The number of carbonyl (C=O) groups is 2. The maximum absolute atomic E-state index is 12.5. The van der Waals surface area contributed by atoms with Crippen LogP contribution < -0.4 is 9.47 Å². The third kappa shape index (κ3) is 4.45. The van der Waals surface area contributed by atoms with E-state index < -0.39 is 5.97 Å². The smallest absolute Gasteiger partial charge is 0.336 e. The standard InChI is InChI=1S/C24H15ClO4/c25-18-9-6-17(7-10-18)14-22-24(27)20-12-11-19(15-21(20)29-22)28-23(26)13-8-16-4-2-1-3-5-16/h1-15H/b13-8+,22-14-. The van der Waals surface area contributed by atoms with Crippen LogP contribution in [0.2, 0.25) is 5.02 Å². The minimum Gasteiger partial charge on any atom is -0.452 e. The molecule has 0 saturated carbocycles. The number of halogens is 1. The van der Waals surface area contributed by atoms with Crippen molar-refractivity contribution < 1.29 is 19.1 Å². The molecule has 0 saturated heterocycles. The Morgan fingerprint density at radius 3 is 2.45 bits per heavy atom. The van der Waals surface area contributed by atoms with Gasteiger partial charge in [-0.3, -0.25) is 4.79 Å². The molecular formula is C24H15ClO4. The van der Waals surface area contributed by atoms with E-state index in [-0.39, 0.29) is 11.5 Å². The molecule has 5 heteroatoms. The van der Waals surface area contributed by atoms with Gasteiger partial charge in [0.2, 0.25) is 5.78 Å². The quantitative estimate of drug-likeness (QED) is 0.325. The predicted molar refractivity (Wildman–Crippen MR) is 112 cm³/mol. The van der Waals surface area contributed by atoms with Crippen molar-refractivity contribution in [2.45, 2.75) is 0 Å². The van der Waals surface area contributed by atoms with Crippen molar-refractivity contribution in [2.75, 3.05) is 0 Å². The molecule has 4 nitrogen and oxygen atoms in total. The Balaban J connectivity index is 1.48. The first-order valence-electron chi connectivity index (χ1n) is 8.87. The number of rotatable bonds is 4. The number of hydrogen-bond acceptors (Lipinski definition) is 4. The Hall–Kier alpha value is -3.63. The number of allylic oxidation sites excluding steroid dienone is 1. The summed E-state index contributed by atoms with van der Waals surface area (Å²) in [5.41, 5.74) is 2.11. The SMILES string of the molecule is O=C(/C=C/c1ccccc1)Oc1ccc2c(c1)O/C(=C\c1ccc(Cl)cc1)C2=O. The van der Waals surface area contributed by atoms with Gasteiger partial charge in [0.05, 0.1) is 5.56 Å². The highest BCUT2D eigenvalue weighted by molar-refractivity contribution is 6.30. The third-order valence-electron chi connectivity index (χ3n) is 4.24. The molecule has 0 aliphatic carbocycles. The summed E-state index contributed by atoms with van der Waals surface area (Å²) in [6, 6.07) is 21.2. The van der Waals surface area contributed by atoms with Gasteiger partial charge in [-0.15, -0.1) is 0 Å². The van der Waals surface area contributed by atoms with Crippen LogP contribution in [0.4, 0.5) is 0 Å². The first-order valence-corrected chi connectivity index (χ1v) is 9.25. The number of ketones is 1. The molecule has 0 aromatic heterocycles. The number of carbonyl (C=O) groups excluding carboxylic acids is 2. The number of benzene rings is 3. The highest BCUT2D eigenvalue weighted by atomic mass is 35.5. The normalized spacial score (nSPS) is 14.1.